The van der Waals surface area contributed by atoms with E-state index in [1.807, 2.05) is 18.2 Å². The second-order valence-electron chi connectivity index (χ2n) is 16.2. The van der Waals surface area contributed by atoms with Crippen molar-refractivity contribution in [3.05, 3.63) is 48.1 Å². The van der Waals surface area contributed by atoms with E-state index in [9.17, 15) is 22.8 Å². The van der Waals surface area contributed by atoms with Gasteiger partial charge in [-0.25, -0.2) is 23.0 Å². The van der Waals surface area contributed by atoms with Gasteiger partial charge in [-0.2, -0.15) is 0 Å². The van der Waals surface area contributed by atoms with E-state index in [2.05, 4.69) is 15.3 Å². The minimum Gasteiger partial charge on any atom is -0.490 e. The predicted molar refractivity (Wildman–Crippen MR) is 227 cm³/mol. The molecule has 0 radical (unpaired) electrons. The number of hydrogen-bond donors (Lipinski definition) is 1. The number of methoxy groups -OCH3 is 1. The molecule has 0 spiro atoms. The highest BCUT2D eigenvalue weighted by molar-refractivity contribution is 7.92. The van der Waals surface area contributed by atoms with Crippen molar-refractivity contribution in [3.63, 3.8) is 0 Å². The van der Waals surface area contributed by atoms with Crippen molar-refractivity contribution in [2.45, 2.75) is 75.7 Å². The van der Waals surface area contributed by atoms with Gasteiger partial charge >= 0.3 is 12.1 Å². The van der Waals surface area contributed by atoms with Gasteiger partial charge in [-0.05, 0) is 84.2 Å². The van der Waals surface area contributed by atoms with Crippen LogP contribution in [-0.4, -0.2) is 131 Å². The molecule has 1 amide bonds. The molecule has 3 heterocycles. The Hall–Kier alpha value is -4.46. The first kappa shape index (κ1) is 46.6. The minimum absolute atomic E-state index is 0.0706. The molecule has 328 valence electrons. The van der Waals surface area contributed by atoms with Gasteiger partial charge in [0.15, 0.2) is 15.6 Å². The molecule has 0 aliphatic carbocycles. The van der Waals surface area contributed by atoms with Crippen LogP contribution in [-0.2, 0) is 47.8 Å². The van der Waals surface area contributed by atoms with Gasteiger partial charge in [0.25, 0.3) is 0 Å². The average molecular weight is 873 g/mol. The van der Waals surface area contributed by atoms with Crippen LogP contribution in [0.5, 0.6) is 5.75 Å². The number of benzene rings is 2. The van der Waals surface area contributed by atoms with Crippen LogP contribution >= 0.6 is 11.3 Å². The summed E-state index contributed by atoms with van der Waals surface area (Å²) in [5.41, 5.74) is 4.03. The number of rotatable bonds is 21. The number of likely N-dealkylation sites (tertiary alicyclic amines) is 1. The summed E-state index contributed by atoms with van der Waals surface area (Å²) in [6.07, 6.45) is 1.51. The van der Waals surface area contributed by atoms with E-state index >= 15 is 0 Å². The first-order chi connectivity index (χ1) is 28.5. The Morgan fingerprint density at radius 2 is 1.52 bits per heavy atom. The number of hydrogen-bond acceptors (Lipinski definition) is 16. The number of esters is 1. The summed E-state index contributed by atoms with van der Waals surface area (Å²) in [7, 11) is -2.55. The second-order valence-corrected chi connectivity index (χ2v) is 19.8. The van der Waals surface area contributed by atoms with Crippen molar-refractivity contribution in [2.75, 3.05) is 78.4 Å². The minimum atomic E-state index is -3.81. The number of fused-ring (bicyclic) bond motifs is 2. The number of nitrogens with zero attached hydrogens (tertiary/aromatic N) is 3. The van der Waals surface area contributed by atoms with E-state index in [1.165, 1.54) is 12.0 Å². The van der Waals surface area contributed by atoms with Crippen molar-refractivity contribution >= 4 is 71.5 Å². The van der Waals surface area contributed by atoms with Gasteiger partial charge in [0.1, 0.15) is 35.5 Å². The molecule has 16 nitrogen and oxygen atoms in total. The third-order valence-corrected chi connectivity index (χ3v) is 12.7. The molecule has 1 aliphatic rings. The lowest BCUT2D eigenvalue weighted by atomic mass is 9.99. The first-order valence-corrected chi connectivity index (χ1v) is 22.1. The van der Waals surface area contributed by atoms with Gasteiger partial charge in [0, 0.05) is 42.0 Å². The van der Waals surface area contributed by atoms with Gasteiger partial charge in [-0.1, -0.05) is 0 Å². The maximum atomic E-state index is 13.8. The summed E-state index contributed by atoms with van der Waals surface area (Å²) in [4.78, 5) is 47.8. The van der Waals surface area contributed by atoms with E-state index in [4.69, 9.17) is 33.2 Å². The standard InChI is InChI=1S/C42H56N4O12S2/c1-41(2,3)58-40(49)46-25-28(21-35(46)39(48)52-7)20-30(47)26-56-17-16-54-13-12-53-14-15-55-18-19-57-36-24-33-31(23-38(36)60(50,51)42(4,5)6)32(10-11-43-33)45-29-8-9-37-34(22-29)44-27-59-37/h8-11,22-24,27-28,35H,12-21,25-26H2,1-7H3,(H,43,45)/t28-,35-/m0/s1. The molecule has 2 aromatic carbocycles. The molecule has 0 bridgehead atoms. The largest absolute Gasteiger partial charge is 0.490 e. The number of ketones is 1. The molecule has 0 saturated carbocycles. The van der Waals surface area contributed by atoms with E-state index in [1.54, 1.807) is 82.8 Å². The molecular formula is C42H56N4O12S2. The lowest BCUT2D eigenvalue weighted by Gasteiger charge is -2.27. The highest BCUT2D eigenvalue weighted by atomic mass is 32.2. The molecule has 60 heavy (non-hydrogen) atoms. The molecule has 1 saturated heterocycles. The number of nitrogens with one attached hydrogen (secondary N) is 1. The third-order valence-electron chi connectivity index (χ3n) is 9.38. The van der Waals surface area contributed by atoms with E-state index in [0.29, 0.717) is 49.4 Å². The van der Waals surface area contributed by atoms with Crippen LogP contribution < -0.4 is 10.1 Å². The molecule has 5 rings (SSSR count). The summed E-state index contributed by atoms with van der Waals surface area (Å²) >= 11 is 1.56. The van der Waals surface area contributed by atoms with Crippen LogP contribution in [0.2, 0.25) is 0 Å². The Morgan fingerprint density at radius 3 is 2.17 bits per heavy atom. The zero-order valence-corrected chi connectivity index (χ0v) is 36.9. The Labute approximate surface area is 355 Å². The van der Waals surface area contributed by atoms with Crippen molar-refractivity contribution in [1.29, 1.82) is 0 Å². The number of sulfone groups is 1. The zero-order chi connectivity index (χ0) is 43.5. The van der Waals surface area contributed by atoms with Gasteiger partial charge < -0.3 is 38.5 Å². The summed E-state index contributed by atoms with van der Waals surface area (Å²) in [6.45, 7) is 12.3. The smallest absolute Gasteiger partial charge is 0.411 e. The van der Waals surface area contributed by atoms with E-state index in [0.717, 1.165) is 15.9 Å². The third kappa shape index (κ3) is 12.8. The number of thiazole rings is 1. The molecule has 1 fully saturated rings. The molecule has 1 aliphatic heterocycles. The quantitative estimate of drug-likeness (QED) is 0.0718. The SMILES string of the molecule is COC(=O)[C@@H]1C[C@H](CC(=O)COCCOCCOCCOCCOc2cc3nccc(Nc4ccc5scnc5c4)c3cc2S(=O)(=O)C(C)(C)C)CN1C(=O)OC(C)(C)C. The van der Waals surface area contributed by atoms with Gasteiger partial charge in [-0.15, -0.1) is 11.3 Å². The highest BCUT2D eigenvalue weighted by Gasteiger charge is 2.42. The summed E-state index contributed by atoms with van der Waals surface area (Å²) in [5, 5.41) is 4.03. The second kappa shape index (κ2) is 20.9. The molecule has 0 unspecified atom stereocenters. The molecule has 2 atom stereocenters. The van der Waals surface area contributed by atoms with Crippen molar-refractivity contribution in [1.82, 2.24) is 14.9 Å². The molecule has 4 aromatic rings. The lowest BCUT2D eigenvalue weighted by molar-refractivity contribution is -0.145. The number of amides is 1. The fraction of sp³-hybridized carbons (Fsp3) is 0.548. The lowest BCUT2D eigenvalue weighted by Crippen LogP contribution is -2.43. The van der Waals surface area contributed by atoms with Crippen molar-refractivity contribution < 1.29 is 56.0 Å². The predicted octanol–water partition coefficient (Wildman–Crippen LogP) is 6.36. The number of pyridine rings is 1. The fourth-order valence-corrected chi connectivity index (χ4v) is 8.37. The van der Waals surface area contributed by atoms with E-state index < -0.39 is 38.3 Å². The number of Topliss-reactive ketones (excluding diaryl/α,β-unsaturated/α-hetero) is 1. The topological polar surface area (TPSA) is 191 Å². The molecule has 2 aromatic heterocycles. The van der Waals surface area contributed by atoms with Crippen LogP contribution in [0.1, 0.15) is 54.4 Å². The molecular weight excluding hydrogens is 817 g/mol. The van der Waals surface area contributed by atoms with Gasteiger partial charge in [0.2, 0.25) is 0 Å². The maximum absolute atomic E-state index is 13.8. The average Bonchev–Trinajstić information content (AvgIpc) is 3.83. The number of carbonyl (C=O) groups excluding carboxylic acids is 3. The van der Waals surface area contributed by atoms with Crippen LogP contribution in [0.3, 0.4) is 0 Å². The number of aromatic nitrogens is 2. The normalized spacial score (nSPS) is 16.0. The summed E-state index contributed by atoms with van der Waals surface area (Å²) in [6, 6.07) is 10.2. The Bertz CT molecular complexity index is 2200. The van der Waals surface area contributed by atoms with Crippen LogP contribution in [0.15, 0.2) is 53.0 Å². The number of carbonyl (C=O) groups is 3. The summed E-state index contributed by atoms with van der Waals surface area (Å²) in [5.74, 6) is -0.704. The zero-order valence-electron chi connectivity index (χ0n) is 35.3. The Kier molecular flexibility index (Phi) is 16.2. The van der Waals surface area contributed by atoms with Gasteiger partial charge in [0.05, 0.1) is 79.3 Å². The Balaban J connectivity index is 0.976. The fourth-order valence-electron chi connectivity index (χ4n) is 6.40. The number of anilines is 2. The van der Waals surface area contributed by atoms with Crippen LogP contribution in [0.25, 0.3) is 21.1 Å². The molecule has 1 N–H and O–H groups in total. The monoisotopic (exact) mass is 872 g/mol. The van der Waals surface area contributed by atoms with Crippen molar-refractivity contribution in [3.8, 4) is 5.75 Å². The van der Waals surface area contributed by atoms with Crippen molar-refractivity contribution in [2.24, 2.45) is 5.92 Å². The Morgan fingerprint density at radius 1 is 0.850 bits per heavy atom. The van der Waals surface area contributed by atoms with E-state index in [-0.39, 0.29) is 68.3 Å². The van der Waals surface area contributed by atoms with Crippen LogP contribution in [0.4, 0.5) is 16.2 Å². The first-order valence-electron chi connectivity index (χ1n) is 19.8. The molecule has 18 heteroatoms. The maximum Gasteiger partial charge on any atom is 0.411 e. The highest BCUT2D eigenvalue weighted by Crippen LogP contribution is 2.38. The number of ether oxygens (including phenoxy) is 7. The summed E-state index contributed by atoms with van der Waals surface area (Å²) < 4.78 is 66.1. The van der Waals surface area contributed by atoms with Gasteiger partial charge in [-0.3, -0.25) is 14.7 Å². The van der Waals surface area contributed by atoms with Crippen LogP contribution in [0, 0.1) is 5.92 Å².